The molecule has 0 aliphatic rings. The zero-order valence-electron chi connectivity index (χ0n) is 12.0. The van der Waals surface area contributed by atoms with E-state index in [1.54, 1.807) is 0 Å². The number of pyridine rings is 1. The van der Waals surface area contributed by atoms with Crippen molar-refractivity contribution in [3.8, 4) is 0 Å². The summed E-state index contributed by atoms with van der Waals surface area (Å²) in [4.78, 5) is 4.46. The van der Waals surface area contributed by atoms with Crippen LogP contribution in [0.25, 0.3) is 0 Å². The molecule has 1 N–H and O–H groups in total. The number of nitrogens with zero attached hydrogens (tertiary/aromatic N) is 1. The van der Waals surface area contributed by atoms with Crippen LogP contribution in [0.4, 0.5) is 0 Å². The quantitative estimate of drug-likeness (QED) is 0.617. The van der Waals surface area contributed by atoms with Crippen molar-refractivity contribution < 1.29 is 0 Å². The zero-order chi connectivity index (χ0) is 13.1. The topological polar surface area (TPSA) is 24.9 Å². The Balaban J connectivity index is 2.26. The predicted molar refractivity (Wildman–Crippen MR) is 78.6 cm³/mol. The molecule has 1 aromatic heterocycles. The molecule has 0 saturated heterocycles. The molecule has 1 atom stereocenters. The van der Waals surface area contributed by atoms with Crippen LogP contribution in [-0.2, 0) is 0 Å². The Bertz CT molecular complexity index is 284. The second-order valence-corrected chi connectivity index (χ2v) is 4.92. The van der Waals surface area contributed by atoms with E-state index in [1.165, 1.54) is 50.6 Å². The number of rotatable bonds is 10. The van der Waals surface area contributed by atoms with Gasteiger partial charge in [-0.2, -0.15) is 0 Å². The Morgan fingerprint density at radius 1 is 1.06 bits per heavy atom. The Labute approximate surface area is 112 Å². The van der Waals surface area contributed by atoms with Crippen molar-refractivity contribution in [2.45, 2.75) is 64.8 Å². The molecule has 0 radical (unpaired) electrons. The summed E-state index contributed by atoms with van der Waals surface area (Å²) in [7, 11) is 0. The van der Waals surface area contributed by atoms with E-state index in [4.69, 9.17) is 0 Å². The summed E-state index contributed by atoms with van der Waals surface area (Å²) >= 11 is 0. The fourth-order valence-electron chi connectivity index (χ4n) is 2.31. The van der Waals surface area contributed by atoms with Gasteiger partial charge in [0.1, 0.15) is 0 Å². The van der Waals surface area contributed by atoms with Crippen molar-refractivity contribution in [1.29, 1.82) is 0 Å². The molecule has 0 spiro atoms. The number of aromatic nitrogens is 1. The van der Waals surface area contributed by atoms with Crippen molar-refractivity contribution in [1.82, 2.24) is 10.3 Å². The molecule has 1 rings (SSSR count). The molecule has 0 aliphatic heterocycles. The highest BCUT2D eigenvalue weighted by atomic mass is 14.9. The molecule has 0 aliphatic carbocycles. The van der Waals surface area contributed by atoms with Gasteiger partial charge in [-0.25, -0.2) is 0 Å². The van der Waals surface area contributed by atoms with Crippen LogP contribution < -0.4 is 5.32 Å². The summed E-state index contributed by atoms with van der Waals surface area (Å²) < 4.78 is 0. The summed E-state index contributed by atoms with van der Waals surface area (Å²) in [5.74, 6) is 0. The summed E-state index contributed by atoms with van der Waals surface area (Å²) in [6, 6.07) is 6.62. The van der Waals surface area contributed by atoms with E-state index in [2.05, 4.69) is 36.3 Å². The molecular formula is C16H28N2. The summed E-state index contributed by atoms with van der Waals surface area (Å²) in [6.07, 6.45) is 11.2. The van der Waals surface area contributed by atoms with Crippen molar-refractivity contribution >= 4 is 0 Å². The van der Waals surface area contributed by atoms with Gasteiger partial charge in [0.2, 0.25) is 0 Å². The SMILES string of the molecule is CCCCCCCCC(NCC)c1ccccn1. The minimum absolute atomic E-state index is 0.433. The van der Waals surface area contributed by atoms with Gasteiger partial charge < -0.3 is 5.32 Å². The van der Waals surface area contributed by atoms with Gasteiger partial charge in [0.05, 0.1) is 5.69 Å². The van der Waals surface area contributed by atoms with Gasteiger partial charge in [-0.1, -0.05) is 58.4 Å². The average Bonchev–Trinajstić information content (AvgIpc) is 2.42. The van der Waals surface area contributed by atoms with E-state index < -0.39 is 0 Å². The monoisotopic (exact) mass is 248 g/mol. The molecule has 1 heterocycles. The van der Waals surface area contributed by atoms with Crippen LogP contribution in [0.2, 0.25) is 0 Å². The van der Waals surface area contributed by atoms with E-state index in [0.29, 0.717) is 6.04 Å². The molecule has 0 saturated carbocycles. The van der Waals surface area contributed by atoms with Crippen molar-refractivity contribution in [3.05, 3.63) is 30.1 Å². The minimum atomic E-state index is 0.433. The Kier molecular flexibility index (Phi) is 8.49. The molecule has 0 amide bonds. The van der Waals surface area contributed by atoms with Crippen LogP contribution in [-0.4, -0.2) is 11.5 Å². The highest BCUT2D eigenvalue weighted by Gasteiger charge is 2.10. The fourth-order valence-corrected chi connectivity index (χ4v) is 2.31. The number of unbranched alkanes of at least 4 members (excludes halogenated alkanes) is 5. The lowest BCUT2D eigenvalue weighted by Gasteiger charge is -2.17. The lowest BCUT2D eigenvalue weighted by atomic mass is 10.0. The third-order valence-corrected chi connectivity index (χ3v) is 3.34. The average molecular weight is 248 g/mol. The van der Waals surface area contributed by atoms with Gasteiger partial charge in [0.15, 0.2) is 0 Å². The molecule has 2 nitrogen and oxygen atoms in total. The van der Waals surface area contributed by atoms with E-state index in [0.717, 1.165) is 6.54 Å². The normalized spacial score (nSPS) is 12.6. The fraction of sp³-hybridized carbons (Fsp3) is 0.688. The maximum absolute atomic E-state index is 4.46. The first-order chi connectivity index (χ1) is 8.88. The van der Waals surface area contributed by atoms with Crippen LogP contribution in [0.1, 0.15) is 70.5 Å². The van der Waals surface area contributed by atoms with E-state index in [-0.39, 0.29) is 0 Å². The summed E-state index contributed by atoms with van der Waals surface area (Å²) in [5, 5.41) is 3.54. The smallest absolute Gasteiger partial charge is 0.0573 e. The van der Waals surface area contributed by atoms with Crippen molar-refractivity contribution in [2.24, 2.45) is 0 Å². The van der Waals surface area contributed by atoms with Gasteiger partial charge in [-0.05, 0) is 25.1 Å². The van der Waals surface area contributed by atoms with Gasteiger partial charge in [0.25, 0.3) is 0 Å². The maximum atomic E-state index is 4.46. The highest BCUT2D eigenvalue weighted by molar-refractivity contribution is 5.08. The first-order valence-electron chi connectivity index (χ1n) is 7.52. The van der Waals surface area contributed by atoms with Crippen molar-refractivity contribution in [2.75, 3.05) is 6.54 Å². The Morgan fingerprint density at radius 2 is 1.83 bits per heavy atom. The number of hydrogen-bond donors (Lipinski definition) is 1. The van der Waals surface area contributed by atoms with Gasteiger partial charge >= 0.3 is 0 Å². The van der Waals surface area contributed by atoms with Crippen LogP contribution in [0.15, 0.2) is 24.4 Å². The Hall–Kier alpha value is -0.890. The molecule has 0 aromatic carbocycles. The number of nitrogens with one attached hydrogen (secondary N) is 1. The molecule has 18 heavy (non-hydrogen) atoms. The van der Waals surface area contributed by atoms with Gasteiger partial charge in [-0.3, -0.25) is 4.98 Å². The highest BCUT2D eigenvalue weighted by Crippen LogP contribution is 2.18. The first-order valence-corrected chi connectivity index (χ1v) is 7.52. The lowest BCUT2D eigenvalue weighted by Crippen LogP contribution is -2.21. The summed E-state index contributed by atoms with van der Waals surface area (Å²) in [5.41, 5.74) is 1.19. The van der Waals surface area contributed by atoms with E-state index in [1.807, 2.05) is 12.3 Å². The zero-order valence-corrected chi connectivity index (χ0v) is 12.0. The largest absolute Gasteiger partial charge is 0.309 e. The Morgan fingerprint density at radius 3 is 2.50 bits per heavy atom. The molecular weight excluding hydrogens is 220 g/mol. The molecule has 1 unspecified atom stereocenters. The third kappa shape index (κ3) is 6.15. The standard InChI is InChI=1S/C16H28N2/c1-3-5-6-7-8-9-12-15(17-4-2)16-13-10-11-14-18-16/h10-11,13-15,17H,3-9,12H2,1-2H3. The van der Waals surface area contributed by atoms with Crippen molar-refractivity contribution in [3.63, 3.8) is 0 Å². The lowest BCUT2D eigenvalue weighted by molar-refractivity contribution is 0.468. The first kappa shape index (κ1) is 15.2. The van der Waals surface area contributed by atoms with Gasteiger partial charge in [-0.15, -0.1) is 0 Å². The maximum Gasteiger partial charge on any atom is 0.0573 e. The third-order valence-electron chi connectivity index (χ3n) is 3.34. The van der Waals surface area contributed by atoms with Crippen LogP contribution in [0.3, 0.4) is 0 Å². The van der Waals surface area contributed by atoms with Crippen LogP contribution >= 0.6 is 0 Å². The predicted octanol–water partition coefficient (Wildman–Crippen LogP) is 4.48. The molecule has 102 valence electrons. The van der Waals surface area contributed by atoms with Crippen LogP contribution in [0, 0.1) is 0 Å². The van der Waals surface area contributed by atoms with Crippen LogP contribution in [0.5, 0.6) is 0 Å². The van der Waals surface area contributed by atoms with E-state index in [9.17, 15) is 0 Å². The molecule has 0 bridgehead atoms. The molecule has 2 heteroatoms. The summed E-state index contributed by atoms with van der Waals surface area (Å²) in [6.45, 7) is 5.44. The van der Waals surface area contributed by atoms with E-state index >= 15 is 0 Å². The second kappa shape index (κ2) is 10.1. The molecule has 1 aromatic rings. The molecule has 0 fully saturated rings. The second-order valence-electron chi connectivity index (χ2n) is 4.92. The number of hydrogen-bond acceptors (Lipinski definition) is 2. The van der Waals surface area contributed by atoms with Gasteiger partial charge in [0, 0.05) is 12.2 Å². The minimum Gasteiger partial charge on any atom is -0.309 e.